The van der Waals surface area contributed by atoms with Crippen LogP contribution in [0.5, 0.6) is 5.75 Å². The summed E-state index contributed by atoms with van der Waals surface area (Å²) in [6.45, 7) is 2.72. The molecule has 6 heteroatoms. The molecule has 0 saturated heterocycles. The Hall–Kier alpha value is -1.82. The second kappa shape index (κ2) is 5.68. The Kier molecular flexibility index (Phi) is 3.99. The van der Waals surface area contributed by atoms with Gasteiger partial charge in [0.05, 0.1) is 5.75 Å². The summed E-state index contributed by atoms with van der Waals surface area (Å²) < 4.78 is 1.94. The second-order valence-corrected chi connectivity index (χ2v) is 4.56. The van der Waals surface area contributed by atoms with E-state index in [0.29, 0.717) is 5.75 Å². The fourth-order valence-corrected chi connectivity index (χ4v) is 2.30. The number of aromatic hydroxyl groups is 1. The van der Waals surface area contributed by atoms with Crippen LogP contribution in [0.3, 0.4) is 0 Å². The quantitative estimate of drug-likeness (QED) is 0.659. The van der Waals surface area contributed by atoms with E-state index < -0.39 is 0 Å². The molecule has 0 aliphatic rings. The number of hydrogen-bond donors (Lipinski definition) is 1. The van der Waals surface area contributed by atoms with Gasteiger partial charge < -0.3 is 14.5 Å². The van der Waals surface area contributed by atoms with Crippen LogP contribution in [0, 0.1) is 0 Å². The van der Waals surface area contributed by atoms with E-state index >= 15 is 0 Å². The van der Waals surface area contributed by atoms with Crippen LogP contribution in [0.2, 0.25) is 0 Å². The predicted molar refractivity (Wildman–Crippen MR) is 69.6 cm³/mol. The van der Waals surface area contributed by atoms with Gasteiger partial charge in [-0.15, -0.1) is 10.2 Å². The molecular weight excluding hydrogens is 250 g/mol. The molecule has 1 aromatic carbocycles. The van der Waals surface area contributed by atoms with Gasteiger partial charge >= 0.3 is 0 Å². The molecule has 0 saturated carbocycles. The molecule has 0 aliphatic heterocycles. The minimum atomic E-state index is 0.219. The molecule has 1 aromatic heterocycles. The van der Waals surface area contributed by atoms with Crippen LogP contribution in [0.25, 0.3) is 11.4 Å². The first kappa shape index (κ1) is 12.6. The molecular formula is C12H13N3O2S. The standard InChI is InChI=1S/C12H13N3O2S/c1-2-15-11(9-3-5-10(17)6-4-9)13-14-12(15)18-8-7-16/h3-7,17H,2,8H2,1H3. The highest BCUT2D eigenvalue weighted by Crippen LogP contribution is 2.24. The van der Waals surface area contributed by atoms with Crippen molar-refractivity contribution in [3.05, 3.63) is 24.3 Å². The maximum absolute atomic E-state index is 10.4. The third kappa shape index (κ3) is 2.53. The number of rotatable bonds is 5. The van der Waals surface area contributed by atoms with E-state index in [9.17, 15) is 9.90 Å². The lowest BCUT2D eigenvalue weighted by Crippen LogP contribution is -2.00. The van der Waals surface area contributed by atoms with E-state index in [2.05, 4.69) is 10.2 Å². The monoisotopic (exact) mass is 263 g/mol. The molecule has 18 heavy (non-hydrogen) atoms. The number of benzene rings is 1. The molecule has 0 spiro atoms. The maximum atomic E-state index is 10.4. The molecule has 0 amide bonds. The average molecular weight is 263 g/mol. The molecule has 2 rings (SSSR count). The highest BCUT2D eigenvalue weighted by atomic mass is 32.2. The summed E-state index contributed by atoms with van der Waals surface area (Å²) in [7, 11) is 0. The summed E-state index contributed by atoms with van der Waals surface area (Å²) in [6, 6.07) is 6.81. The molecule has 0 unspecified atom stereocenters. The lowest BCUT2D eigenvalue weighted by atomic mass is 10.2. The smallest absolute Gasteiger partial charge is 0.191 e. The molecule has 2 aromatic rings. The first-order valence-electron chi connectivity index (χ1n) is 5.55. The first-order chi connectivity index (χ1) is 8.76. The van der Waals surface area contributed by atoms with Gasteiger partial charge in [-0.2, -0.15) is 0 Å². The summed E-state index contributed by atoms with van der Waals surface area (Å²) in [5, 5.41) is 18.2. The number of hydrogen-bond acceptors (Lipinski definition) is 5. The van der Waals surface area contributed by atoms with E-state index in [1.54, 1.807) is 24.3 Å². The molecule has 0 aliphatic carbocycles. The average Bonchev–Trinajstić information content (AvgIpc) is 2.80. The molecule has 1 heterocycles. The third-order valence-electron chi connectivity index (χ3n) is 2.44. The number of carbonyl (C=O) groups is 1. The fourth-order valence-electron chi connectivity index (χ4n) is 1.61. The van der Waals surface area contributed by atoms with Crippen molar-refractivity contribution in [2.45, 2.75) is 18.6 Å². The number of aldehydes is 1. The number of nitrogens with zero attached hydrogens (tertiary/aromatic N) is 3. The van der Waals surface area contributed by atoms with Crippen molar-refractivity contribution in [1.82, 2.24) is 14.8 Å². The van der Waals surface area contributed by atoms with Gasteiger partial charge in [-0.25, -0.2) is 0 Å². The van der Waals surface area contributed by atoms with Crippen molar-refractivity contribution in [2.24, 2.45) is 0 Å². The normalized spacial score (nSPS) is 10.5. The summed E-state index contributed by atoms with van der Waals surface area (Å²) in [4.78, 5) is 10.4. The molecule has 0 bridgehead atoms. The van der Waals surface area contributed by atoms with Crippen LogP contribution in [0.1, 0.15) is 6.92 Å². The van der Waals surface area contributed by atoms with Crippen molar-refractivity contribution in [3.8, 4) is 17.1 Å². The van der Waals surface area contributed by atoms with Crippen LogP contribution < -0.4 is 0 Å². The van der Waals surface area contributed by atoms with E-state index in [1.165, 1.54) is 11.8 Å². The zero-order valence-corrected chi connectivity index (χ0v) is 10.7. The minimum Gasteiger partial charge on any atom is -0.508 e. The summed E-state index contributed by atoms with van der Waals surface area (Å²) in [5.74, 6) is 1.33. The highest BCUT2D eigenvalue weighted by Gasteiger charge is 2.12. The van der Waals surface area contributed by atoms with Gasteiger partial charge in [-0.05, 0) is 31.2 Å². The lowest BCUT2D eigenvalue weighted by Gasteiger charge is -2.06. The summed E-state index contributed by atoms with van der Waals surface area (Å²) in [5.41, 5.74) is 0.889. The largest absolute Gasteiger partial charge is 0.508 e. The minimum absolute atomic E-state index is 0.219. The van der Waals surface area contributed by atoms with Crippen molar-refractivity contribution in [1.29, 1.82) is 0 Å². The Balaban J connectivity index is 2.35. The SMILES string of the molecule is CCn1c(SCC=O)nnc1-c1ccc(O)cc1. The Bertz CT molecular complexity index is 537. The molecule has 94 valence electrons. The molecule has 0 fully saturated rings. The van der Waals surface area contributed by atoms with E-state index in [-0.39, 0.29) is 5.75 Å². The van der Waals surface area contributed by atoms with E-state index in [1.807, 2.05) is 11.5 Å². The van der Waals surface area contributed by atoms with Gasteiger partial charge in [-0.1, -0.05) is 11.8 Å². The van der Waals surface area contributed by atoms with Crippen molar-refractivity contribution >= 4 is 18.0 Å². The molecule has 0 atom stereocenters. The fraction of sp³-hybridized carbons (Fsp3) is 0.250. The molecule has 0 radical (unpaired) electrons. The van der Waals surface area contributed by atoms with Crippen LogP contribution in [0.15, 0.2) is 29.4 Å². The maximum Gasteiger partial charge on any atom is 0.191 e. The number of aromatic nitrogens is 3. The van der Waals surface area contributed by atoms with Gasteiger partial charge in [0.15, 0.2) is 11.0 Å². The summed E-state index contributed by atoms with van der Waals surface area (Å²) >= 11 is 1.36. The zero-order chi connectivity index (χ0) is 13.0. The number of thioether (sulfide) groups is 1. The summed E-state index contributed by atoms with van der Waals surface area (Å²) in [6.07, 6.45) is 0.847. The van der Waals surface area contributed by atoms with Crippen LogP contribution in [0.4, 0.5) is 0 Å². The topological polar surface area (TPSA) is 68.0 Å². The molecule has 5 nitrogen and oxygen atoms in total. The number of phenols is 1. The van der Waals surface area contributed by atoms with Gasteiger partial charge in [0.2, 0.25) is 0 Å². The second-order valence-electron chi connectivity index (χ2n) is 3.57. The Morgan fingerprint density at radius 2 is 2.06 bits per heavy atom. The molecule has 1 N–H and O–H groups in total. The predicted octanol–water partition coefficient (Wildman–Crippen LogP) is 1.96. The van der Waals surface area contributed by atoms with Crippen molar-refractivity contribution in [2.75, 3.05) is 5.75 Å². The lowest BCUT2D eigenvalue weighted by molar-refractivity contribution is -0.105. The highest BCUT2D eigenvalue weighted by molar-refractivity contribution is 7.99. The van der Waals surface area contributed by atoms with E-state index in [4.69, 9.17) is 0 Å². The number of phenolic OH excluding ortho intramolecular Hbond substituents is 1. The van der Waals surface area contributed by atoms with Crippen LogP contribution in [-0.4, -0.2) is 31.9 Å². The van der Waals surface area contributed by atoms with Gasteiger partial charge in [-0.3, -0.25) is 0 Å². The van der Waals surface area contributed by atoms with Crippen LogP contribution in [-0.2, 0) is 11.3 Å². The Labute approximate surface area is 109 Å². The van der Waals surface area contributed by atoms with Gasteiger partial charge in [0.1, 0.15) is 12.0 Å². The van der Waals surface area contributed by atoms with E-state index in [0.717, 1.165) is 29.4 Å². The van der Waals surface area contributed by atoms with Crippen molar-refractivity contribution in [3.63, 3.8) is 0 Å². The third-order valence-corrected chi connectivity index (χ3v) is 3.30. The first-order valence-corrected chi connectivity index (χ1v) is 6.54. The van der Waals surface area contributed by atoms with Gasteiger partial charge in [0.25, 0.3) is 0 Å². The van der Waals surface area contributed by atoms with Crippen molar-refractivity contribution < 1.29 is 9.90 Å². The number of carbonyl (C=O) groups excluding carboxylic acids is 1. The van der Waals surface area contributed by atoms with Gasteiger partial charge in [0, 0.05) is 12.1 Å². The Morgan fingerprint density at radius 1 is 1.33 bits per heavy atom. The Morgan fingerprint density at radius 3 is 2.67 bits per heavy atom. The zero-order valence-electron chi connectivity index (χ0n) is 9.91. The van der Waals surface area contributed by atoms with Crippen LogP contribution >= 0.6 is 11.8 Å².